The van der Waals surface area contributed by atoms with E-state index in [4.69, 9.17) is 4.74 Å². The maximum absolute atomic E-state index is 11.7. The first kappa shape index (κ1) is 18.4. The van der Waals surface area contributed by atoms with Gasteiger partial charge in [-0.25, -0.2) is 14.8 Å². The van der Waals surface area contributed by atoms with Crippen LogP contribution in [0, 0.1) is 0 Å². The van der Waals surface area contributed by atoms with E-state index in [1.165, 1.54) is 19.0 Å². The van der Waals surface area contributed by atoms with Crippen molar-refractivity contribution < 1.29 is 9.53 Å². The topological polar surface area (TPSA) is 76.1 Å². The van der Waals surface area contributed by atoms with Gasteiger partial charge in [-0.3, -0.25) is 0 Å². The molecule has 3 rings (SSSR count). The van der Waals surface area contributed by atoms with Crippen LogP contribution in [0.15, 0.2) is 60.9 Å². The number of anilines is 4. The summed E-state index contributed by atoms with van der Waals surface area (Å²) in [6.07, 6.45) is 1.48. The van der Waals surface area contributed by atoms with Gasteiger partial charge in [0.2, 0.25) is 0 Å². The van der Waals surface area contributed by atoms with Crippen LogP contribution in [0.3, 0.4) is 0 Å². The zero-order chi connectivity index (χ0) is 19.2. The first-order chi connectivity index (χ1) is 13.0. The van der Waals surface area contributed by atoms with Crippen LogP contribution in [0.2, 0.25) is 0 Å². The summed E-state index contributed by atoms with van der Waals surface area (Å²) in [5.41, 5.74) is 3.46. The summed E-state index contributed by atoms with van der Waals surface area (Å²) in [6.45, 7) is 4.33. The van der Waals surface area contributed by atoms with Crippen molar-refractivity contribution in [2.75, 3.05) is 17.7 Å². The highest BCUT2D eigenvalue weighted by molar-refractivity contribution is 5.90. The third-order valence-corrected chi connectivity index (χ3v) is 4.07. The molecule has 138 valence electrons. The lowest BCUT2D eigenvalue weighted by Crippen LogP contribution is -2.02. The predicted molar refractivity (Wildman–Crippen MR) is 107 cm³/mol. The van der Waals surface area contributed by atoms with E-state index in [2.05, 4.69) is 46.6 Å². The molecule has 1 heterocycles. The van der Waals surface area contributed by atoms with Crippen LogP contribution >= 0.6 is 0 Å². The summed E-state index contributed by atoms with van der Waals surface area (Å²) < 4.78 is 4.75. The standard InChI is InChI=1S/C21H22N4O2/c1-14(2)15-7-9-17(10-8-15)24-19-12-20(23-13-22-19)25-18-6-4-5-16(11-18)21(26)27-3/h4-14H,1-3H3,(H2,22,23,24,25). The van der Waals surface area contributed by atoms with Crippen LogP contribution in [0.1, 0.15) is 35.7 Å². The highest BCUT2D eigenvalue weighted by Gasteiger charge is 2.07. The van der Waals surface area contributed by atoms with Crippen molar-refractivity contribution in [3.05, 3.63) is 72.1 Å². The zero-order valence-electron chi connectivity index (χ0n) is 15.6. The fraction of sp³-hybridized carbons (Fsp3) is 0.190. The Morgan fingerprint density at radius 2 is 1.59 bits per heavy atom. The normalized spacial score (nSPS) is 10.5. The Bertz CT molecular complexity index is 923. The SMILES string of the molecule is COC(=O)c1cccc(Nc2cc(Nc3ccc(C(C)C)cc3)ncn2)c1. The van der Waals surface area contributed by atoms with Crippen LogP contribution in [-0.4, -0.2) is 23.0 Å². The minimum atomic E-state index is -0.381. The van der Waals surface area contributed by atoms with Crippen LogP contribution in [-0.2, 0) is 4.74 Å². The number of benzene rings is 2. The van der Waals surface area contributed by atoms with Gasteiger partial charge in [0.05, 0.1) is 12.7 Å². The van der Waals surface area contributed by atoms with E-state index in [0.29, 0.717) is 23.1 Å². The van der Waals surface area contributed by atoms with Crippen molar-refractivity contribution in [3.63, 3.8) is 0 Å². The monoisotopic (exact) mass is 362 g/mol. The molecule has 0 amide bonds. The largest absolute Gasteiger partial charge is 0.465 e. The molecular weight excluding hydrogens is 340 g/mol. The number of carbonyl (C=O) groups is 1. The van der Waals surface area contributed by atoms with E-state index >= 15 is 0 Å². The second kappa shape index (κ2) is 8.31. The average molecular weight is 362 g/mol. The molecule has 0 fully saturated rings. The van der Waals surface area contributed by atoms with Crippen molar-refractivity contribution in [1.82, 2.24) is 9.97 Å². The van der Waals surface area contributed by atoms with Gasteiger partial charge < -0.3 is 15.4 Å². The molecule has 0 aliphatic rings. The number of nitrogens with one attached hydrogen (secondary N) is 2. The second-order valence-corrected chi connectivity index (χ2v) is 6.39. The maximum Gasteiger partial charge on any atom is 0.337 e. The summed E-state index contributed by atoms with van der Waals surface area (Å²) in [4.78, 5) is 20.1. The number of ether oxygens (including phenoxy) is 1. The van der Waals surface area contributed by atoms with Gasteiger partial charge in [-0.2, -0.15) is 0 Å². The van der Waals surface area contributed by atoms with E-state index in [-0.39, 0.29) is 5.97 Å². The number of hydrogen-bond acceptors (Lipinski definition) is 6. The van der Waals surface area contributed by atoms with E-state index < -0.39 is 0 Å². The van der Waals surface area contributed by atoms with Crippen molar-refractivity contribution in [2.24, 2.45) is 0 Å². The highest BCUT2D eigenvalue weighted by atomic mass is 16.5. The molecular formula is C21H22N4O2. The summed E-state index contributed by atoms with van der Waals surface area (Å²) in [5.74, 6) is 1.41. The van der Waals surface area contributed by atoms with Crippen LogP contribution in [0.4, 0.5) is 23.0 Å². The lowest BCUT2D eigenvalue weighted by Gasteiger charge is -2.10. The minimum Gasteiger partial charge on any atom is -0.465 e. The minimum absolute atomic E-state index is 0.381. The Morgan fingerprint density at radius 1 is 0.926 bits per heavy atom. The maximum atomic E-state index is 11.7. The Labute approximate surface area is 158 Å². The fourth-order valence-electron chi connectivity index (χ4n) is 2.58. The summed E-state index contributed by atoms with van der Waals surface area (Å²) >= 11 is 0. The Hall–Kier alpha value is -3.41. The molecule has 0 saturated carbocycles. The zero-order valence-corrected chi connectivity index (χ0v) is 15.6. The van der Waals surface area contributed by atoms with Crippen molar-refractivity contribution in [2.45, 2.75) is 19.8 Å². The lowest BCUT2D eigenvalue weighted by molar-refractivity contribution is 0.0601. The number of carbonyl (C=O) groups excluding carboxylic acids is 1. The summed E-state index contributed by atoms with van der Waals surface area (Å²) in [6, 6.07) is 17.1. The highest BCUT2D eigenvalue weighted by Crippen LogP contribution is 2.22. The number of esters is 1. The number of methoxy groups -OCH3 is 1. The molecule has 0 saturated heterocycles. The molecule has 1 aromatic heterocycles. The van der Waals surface area contributed by atoms with E-state index in [1.807, 2.05) is 18.2 Å². The van der Waals surface area contributed by atoms with Gasteiger partial charge in [0.1, 0.15) is 18.0 Å². The first-order valence-electron chi connectivity index (χ1n) is 8.69. The molecule has 3 aromatic rings. The predicted octanol–water partition coefficient (Wildman–Crippen LogP) is 4.87. The number of aromatic nitrogens is 2. The van der Waals surface area contributed by atoms with Gasteiger partial charge in [0.15, 0.2) is 0 Å². The quantitative estimate of drug-likeness (QED) is 0.609. The molecule has 27 heavy (non-hydrogen) atoms. The fourth-order valence-corrected chi connectivity index (χ4v) is 2.58. The third kappa shape index (κ3) is 4.82. The van der Waals surface area contributed by atoms with E-state index in [0.717, 1.165) is 11.4 Å². The smallest absolute Gasteiger partial charge is 0.337 e. The molecule has 0 unspecified atom stereocenters. The Kier molecular flexibility index (Phi) is 5.66. The summed E-state index contributed by atoms with van der Waals surface area (Å²) in [5, 5.41) is 6.44. The molecule has 6 heteroatoms. The number of rotatable bonds is 6. The molecule has 0 bridgehead atoms. The van der Waals surface area contributed by atoms with Gasteiger partial charge in [-0.15, -0.1) is 0 Å². The molecule has 0 atom stereocenters. The molecule has 0 aliphatic heterocycles. The molecule has 0 radical (unpaired) electrons. The Morgan fingerprint density at radius 3 is 2.22 bits per heavy atom. The second-order valence-electron chi connectivity index (χ2n) is 6.39. The van der Waals surface area contributed by atoms with Crippen LogP contribution in [0.5, 0.6) is 0 Å². The summed E-state index contributed by atoms with van der Waals surface area (Å²) in [7, 11) is 1.36. The molecule has 0 aliphatic carbocycles. The number of hydrogen-bond donors (Lipinski definition) is 2. The Balaban J connectivity index is 1.73. The molecule has 2 aromatic carbocycles. The third-order valence-electron chi connectivity index (χ3n) is 4.07. The average Bonchev–Trinajstić information content (AvgIpc) is 2.68. The first-order valence-corrected chi connectivity index (χ1v) is 8.69. The van der Waals surface area contributed by atoms with E-state index in [1.54, 1.807) is 24.3 Å². The van der Waals surface area contributed by atoms with Gasteiger partial charge in [0, 0.05) is 17.4 Å². The van der Waals surface area contributed by atoms with Gasteiger partial charge in [-0.1, -0.05) is 32.0 Å². The van der Waals surface area contributed by atoms with E-state index in [9.17, 15) is 4.79 Å². The van der Waals surface area contributed by atoms with Crippen LogP contribution < -0.4 is 10.6 Å². The van der Waals surface area contributed by atoms with Gasteiger partial charge >= 0.3 is 5.97 Å². The van der Waals surface area contributed by atoms with Crippen molar-refractivity contribution >= 4 is 29.0 Å². The van der Waals surface area contributed by atoms with Gasteiger partial charge in [-0.05, 0) is 41.8 Å². The molecule has 2 N–H and O–H groups in total. The molecule has 0 spiro atoms. The van der Waals surface area contributed by atoms with Crippen molar-refractivity contribution in [1.29, 1.82) is 0 Å². The van der Waals surface area contributed by atoms with Gasteiger partial charge in [0.25, 0.3) is 0 Å². The van der Waals surface area contributed by atoms with Crippen molar-refractivity contribution in [3.8, 4) is 0 Å². The number of nitrogens with zero attached hydrogens (tertiary/aromatic N) is 2. The van der Waals surface area contributed by atoms with Crippen LogP contribution in [0.25, 0.3) is 0 Å². The molecule has 6 nitrogen and oxygen atoms in total. The lowest BCUT2D eigenvalue weighted by atomic mass is 10.0.